The summed E-state index contributed by atoms with van der Waals surface area (Å²) in [6, 6.07) is 5.56. The molecule has 1 amide bonds. The van der Waals surface area contributed by atoms with Crippen molar-refractivity contribution in [2.75, 3.05) is 6.54 Å². The van der Waals surface area contributed by atoms with E-state index in [2.05, 4.69) is 11.6 Å². The largest absolute Gasteiger partial charge is 0.289 e. The molecular formula is C12H10N2OS2. The lowest BCUT2D eigenvalue weighted by Gasteiger charge is -2.10. The number of amides is 1. The van der Waals surface area contributed by atoms with E-state index in [-0.39, 0.29) is 5.91 Å². The summed E-state index contributed by atoms with van der Waals surface area (Å²) in [7, 11) is 0. The Morgan fingerprint density at radius 3 is 3.00 bits per heavy atom. The van der Waals surface area contributed by atoms with Gasteiger partial charge in [0.25, 0.3) is 5.91 Å². The van der Waals surface area contributed by atoms with Crippen molar-refractivity contribution in [3.05, 3.63) is 47.6 Å². The van der Waals surface area contributed by atoms with Gasteiger partial charge in [-0.15, -0.1) is 6.58 Å². The summed E-state index contributed by atoms with van der Waals surface area (Å²) >= 11 is 6.43. The lowest BCUT2D eigenvalue weighted by atomic mass is 10.3. The second-order valence-corrected chi connectivity index (χ2v) is 5.01. The number of nitrogens with zero attached hydrogens (tertiary/aromatic N) is 2. The lowest BCUT2D eigenvalue weighted by molar-refractivity contribution is -0.121. The predicted molar refractivity (Wildman–Crippen MR) is 74.3 cm³/mol. The Labute approximate surface area is 109 Å². The summed E-state index contributed by atoms with van der Waals surface area (Å²) in [5.74, 6) is -0.0782. The van der Waals surface area contributed by atoms with Gasteiger partial charge in [-0.25, -0.2) is 0 Å². The van der Waals surface area contributed by atoms with Crippen LogP contribution in [-0.4, -0.2) is 26.7 Å². The molecule has 0 unspecified atom stereocenters. The fourth-order valence-corrected chi connectivity index (χ4v) is 2.64. The fraction of sp³-hybridized carbons (Fsp3) is 0.0833. The van der Waals surface area contributed by atoms with Gasteiger partial charge in [0.1, 0.15) is 4.32 Å². The Morgan fingerprint density at radius 1 is 1.53 bits per heavy atom. The Morgan fingerprint density at radius 2 is 2.35 bits per heavy atom. The molecule has 0 atom stereocenters. The van der Waals surface area contributed by atoms with Crippen LogP contribution in [0.4, 0.5) is 0 Å². The van der Waals surface area contributed by atoms with Crippen LogP contribution in [0.25, 0.3) is 6.08 Å². The molecule has 0 bridgehead atoms. The molecule has 1 aromatic heterocycles. The molecular weight excluding hydrogens is 252 g/mol. The lowest BCUT2D eigenvalue weighted by Crippen LogP contribution is -2.27. The summed E-state index contributed by atoms with van der Waals surface area (Å²) in [6.45, 7) is 4.06. The molecule has 0 aliphatic carbocycles. The summed E-state index contributed by atoms with van der Waals surface area (Å²) in [5, 5.41) is 0. The predicted octanol–water partition coefficient (Wildman–Crippen LogP) is 2.47. The van der Waals surface area contributed by atoms with Crippen LogP contribution in [0, 0.1) is 0 Å². The number of carbonyl (C=O) groups is 1. The van der Waals surface area contributed by atoms with Crippen LogP contribution in [0.5, 0.6) is 0 Å². The molecule has 2 rings (SSSR count). The maximum atomic E-state index is 12.0. The van der Waals surface area contributed by atoms with Gasteiger partial charge in [-0.1, -0.05) is 36.1 Å². The van der Waals surface area contributed by atoms with Gasteiger partial charge >= 0.3 is 0 Å². The molecule has 0 saturated carbocycles. The SMILES string of the molecule is C=CCN1C(=O)/C(=C/c2ccccn2)SC1=S. The van der Waals surface area contributed by atoms with Gasteiger partial charge in [0.05, 0.1) is 10.6 Å². The van der Waals surface area contributed by atoms with Crippen LogP contribution >= 0.6 is 24.0 Å². The molecule has 5 heteroatoms. The normalized spacial score (nSPS) is 17.9. The summed E-state index contributed by atoms with van der Waals surface area (Å²) in [6.07, 6.45) is 5.10. The first-order chi connectivity index (χ1) is 8.22. The maximum absolute atomic E-state index is 12.0. The highest BCUT2D eigenvalue weighted by Gasteiger charge is 2.30. The molecule has 86 valence electrons. The topological polar surface area (TPSA) is 33.2 Å². The molecule has 2 heterocycles. The van der Waals surface area contributed by atoms with Gasteiger partial charge in [0, 0.05) is 12.7 Å². The van der Waals surface area contributed by atoms with Crippen LogP contribution in [0.15, 0.2) is 42.0 Å². The molecule has 1 fully saturated rings. The first-order valence-corrected chi connectivity index (χ1v) is 6.22. The minimum atomic E-state index is -0.0782. The summed E-state index contributed by atoms with van der Waals surface area (Å²) in [5.41, 5.74) is 0.756. The summed E-state index contributed by atoms with van der Waals surface area (Å²) < 4.78 is 0.567. The fourth-order valence-electron chi connectivity index (χ4n) is 1.38. The Bertz CT molecular complexity index is 496. The maximum Gasteiger partial charge on any atom is 0.266 e. The van der Waals surface area contributed by atoms with Crippen LogP contribution < -0.4 is 0 Å². The smallest absolute Gasteiger partial charge is 0.266 e. The van der Waals surface area contributed by atoms with Gasteiger partial charge < -0.3 is 0 Å². The third-order valence-electron chi connectivity index (χ3n) is 2.15. The second-order valence-electron chi connectivity index (χ2n) is 3.34. The van der Waals surface area contributed by atoms with E-state index in [0.29, 0.717) is 15.8 Å². The monoisotopic (exact) mass is 262 g/mol. The minimum Gasteiger partial charge on any atom is -0.289 e. The van der Waals surface area contributed by atoms with E-state index < -0.39 is 0 Å². The molecule has 0 radical (unpaired) electrons. The number of carbonyl (C=O) groups excluding carboxylic acids is 1. The third kappa shape index (κ3) is 2.62. The highest BCUT2D eigenvalue weighted by molar-refractivity contribution is 8.26. The zero-order chi connectivity index (χ0) is 12.3. The van der Waals surface area contributed by atoms with E-state index in [4.69, 9.17) is 12.2 Å². The standard InChI is InChI=1S/C12H10N2OS2/c1-2-7-14-11(15)10(17-12(14)16)8-9-5-3-4-6-13-9/h2-6,8H,1,7H2/b10-8-. The zero-order valence-corrected chi connectivity index (χ0v) is 10.6. The van der Waals surface area contributed by atoms with Gasteiger partial charge in [-0.3, -0.25) is 14.7 Å². The van der Waals surface area contributed by atoms with Gasteiger partial charge in [0.15, 0.2) is 0 Å². The van der Waals surface area contributed by atoms with E-state index in [1.807, 2.05) is 18.2 Å². The van der Waals surface area contributed by atoms with Crippen LogP contribution in [-0.2, 0) is 4.79 Å². The molecule has 0 N–H and O–H groups in total. The van der Waals surface area contributed by atoms with E-state index in [0.717, 1.165) is 5.69 Å². The van der Waals surface area contributed by atoms with Gasteiger partial charge in [-0.2, -0.15) is 0 Å². The molecule has 1 saturated heterocycles. The van der Waals surface area contributed by atoms with Crippen molar-refractivity contribution >= 4 is 40.3 Å². The quantitative estimate of drug-likeness (QED) is 0.476. The van der Waals surface area contributed by atoms with Crippen molar-refractivity contribution in [1.29, 1.82) is 0 Å². The van der Waals surface area contributed by atoms with Crippen molar-refractivity contribution in [3.8, 4) is 0 Å². The highest BCUT2D eigenvalue weighted by Crippen LogP contribution is 2.31. The molecule has 0 aromatic carbocycles. The molecule has 1 aliphatic heterocycles. The number of pyridine rings is 1. The van der Waals surface area contributed by atoms with E-state index in [9.17, 15) is 4.79 Å². The molecule has 17 heavy (non-hydrogen) atoms. The van der Waals surface area contributed by atoms with Crippen molar-refractivity contribution in [1.82, 2.24) is 9.88 Å². The number of rotatable bonds is 3. The average molecular weight is 262 g/mol. The number of aromatic nitrogens is 1. The van der Waals surface area contributed by atoms with Crippen molar-refractivity contribution in [2.45, 2.75) is 0 Å². The Kier molecular flexibility index (Phi) is 3.71. The van der Waals surface area contributed by atoms with E-state index in [1.54, 1.807) is 18.3 Å². The first-order valence-electron chi connectivity index (χ1n) is 4.99. The summed E-state index contributed by atoms with van der Waals surface area (Å²) in [4.78, 5) is 18.3. The van der Waals surface area contributed by atoms with Gasteiger partial charge in [0.2, 0.25) is 0 Å². The number of thioether (sulfide) groups is 1. The first kappa shape index (κ1) is 12.0. The van der Waals surface area contributed by atoms with E-state index in [1.165, 1.54) is 16.7 Å². The van der Waals surface area contributed by atoms with Gasteiger partial charge in [-0.05, 0) is 18.2 Å². The molecule has 1 aliphatic rings. The highest BCUT2D eigenvalue weighted by atomic mass is 32.2. The molecule has 3 nitrogen and oxygen atoms in total. The Hall–Kier alpha value is -1.46. The van der Waals surface area contributed by atoms with Crippen molar-refractivity contribution < 1.29 is 4.79 Å². The van der Waals surface area contributed by atoms with Crippen LogP contribution in [0.1, 0.15) is 5.69 Å². The van der Waals surface area contributed by atoms with Crippen LogP contribution in [0.2, 0.25) is 0 Å². The number of hydrogen-bond acceptors (Lipinski definition) is 4. The third-order valence-corrected chi connectivity index (χ3v) is 3.53. The molecule has 0 spiro atoms. The number of hydrogen-bond donors (Lipinski definition) is 0. The van der Waals surface area contributed by atoms with Crippen molar-refractivity contribution in [2.24, 2.45) is 0 Å². The average Bonchev–Trinajstić information content (AvgIpc) is 2.59. The minimum absolute atomic E-state index is 0.0782. The van der Waals surface area contributed by atoms with Crippen LogP contribution in [0.3, 0.4) is 0 Å². The van der Waals surface area contributed by atoms with E-state index >= 15 is 0 Å². The zero-order valence-electron chi connectivity index (χ0n) is 9.00. The van der Waals surface area contributed by atoms with Crippen molar-refractivity contribution in [3.63, 3.8) is 0 Å². The Balaban J connectivity index is 2.25. The second kappa shape index (κ2) is 5.25. The number of thiocarbonyl (C=S) groups is 1. The molecule has 1 aromatic rings.